The largest absolute Gasteiger partial charge is 0.342 e. The molecule has 0 atom stereocenters. The smallest absolute Gasteiger partial charge is 0.254 e. The predicted octanol–water partition coefficient (Wildman–Crippen LogP) is 1.92. The van der Waals surface area contributed by atoms with Gasteiger partial charge < -0.3 is 9.80 Å². The van der Waals surface area contributed by atoms with Crippen molar-refractivity contribution < 1.29 is 9.59 Å². The fourth-order valence-electron chi connectivity index (χ4n) is 1.78. The third-order valence-corrected chi connectivity index (χ3v) is 3.25. The van der Waals surface area contributed by atoms with Crippen molar-refractivity contribution in [3.05, 3.63) is 29.8 Å². The van der Waals surface area contributed by atoms with Crippen LogP contribution in [0.2, 0.25) is 0 Å². The molecule has 104 valence electrons. The van der Waals surface area contributed by atoms with Crippen LogP contribution in [0.5, 0.6) is 0 Å². The van der Waals surface area contributed by atoms with Gasteiger partial charge in [0.25, 0.3) is 5.91 Å². The summed E-state index contributed by atoms with van der Waals surface area (Å²) in [6, 6.07) is 6.94. The molecule has 0 radical (unpaired) electrons. The van der Waals surface area contributed by atoms with Crippen LogP contribution in [-0.2, 0) is 4.79 Å². The maximum absolute atomic E-state index is 12.1. The minimum Gasteiger partial charge on any atom is -0.342 e. The van der Waals surface area contributed by atoms with Gasteiger partial charge in [-0.15, -0.1) is 12.6 Å². The number of benzene rings is 1. The standard InChI is InChI=1S/C14H20N2O2S/c1-4-16(5-2)13(17)10-15(3)14(18)11-6-8-12(19)9-7-11/h6-9,19H,4-5,10H2,1-3H3. The molecular weight excluding hydrogens is 260 g/mol. The minimum atomic E-state index is -0.158. The molecular formula is C14H20N2O2S. The summed E-state index contributed by atoms with van der Waals surface area (Å²) in [5.74, 6) is -0.194. The maximum Gasteiger partial charge on any atom is 0.254 e. The number of hydrogen-bond donors (Lipinski definition) is 1. The number of nitrogens with zero attached hydrogens (tertiary/aromatic N) is 2. The lowest BCUT2D eigenvalue weighted by Gasteiger charge is -2.23. The first-order valence-corrected chi connectivity index (χ1v) is 6.76. The van der Waals surface area contributed by atoms with Crippen LogP contribution >= 0.6 is 12.6 Å². The molecule has 0 heterocycles. The Morgan fingerprint density at radius 2 is 1.63 bits per heavy atom. The van der Waals surface area contributed by atoms with E-state index in [1.807, 2.05) is 13.8 Å². The van der Waals surface area contributed by atoms with E-state index in [9.17, 15) is 9.59 Å². The van der Waals surface area contributed by atoms with Crippen molar-refractivity contribution in [1.82, 2.24) is 9.80 Å². The Labute approximate surface area is 119 Å². The van der Waals surface area contributed by atoms with Crippen molar-refractivity contribution in [2.75, 3.05) is 26.7 Å². The Kier molecular flexibility index (Phi) is 5.89. The fourth-order valence-corrected chi connectivity index (χ4v) is 1.92. The summed E-state index contributed by atoms with van der Waals surface area (Å²) in [6.07, 6.45) is 0. The zero-order chi connectivity index (χ0) is 14.4. The second-order valence-electron chi connectivity index (χ2n) is 4.27. The van der Waals surface area contributed by atoms with Crippen molar-refractivity contribution >= 4 is 24.4 Å². The molecule has 19 heavy (non-hydrogen) atoms. The van der Waals surface area contributed by atoms with Crippen LogP contribution in [0.3, 0.4) is 0 Å². The second kappa shape index (κ2) is 7.19. The van der Waals surface area contributed by atoms with Crippen molar-refractivity contribution in [2.24, 2.45) is 0 Å². The van der Waals surface area contributed by atoms with E-state index >= 15 is 0 Å². The van der Waals surface area contributed by atoms with Gasteiger partial charge in [0.15, 0.2) is 0 Å². The number of thiol groups is 1. The second-order valence-corrected chi connectivity index (χ2v) is 4.79. The lowest BCUT2D eigenvalue weighted by atomic mass is 10.2. The lowest BCUT2D eigenvalue weighted by Crippen LogP contribution is -2.41. The molecule has 0 saturated carbocycles. The van der Waals surface area contributed by atoms with Gasteiger partial charge in [-0.05, 0) is 38.1 Å². The molecule has 0 N–H and O–H groups in total. The summed E-state index contributed by atoms with van der Waals surface area (Å²) in [7, 11) is 1.64. The van der Waals surface area contributed by atoms with Crippen LogP contribution in [0.25, 0.3) is 0 Å². The number of carbonyl (C=O) groups excluding carboxylic acids is 2. The van der Waals surface area contributed by atoms with Crippen LogP contribution < -0.4 is 0 Å². The first kappa shape index (κ1) is 15.6. The summed E-state index contributed by atoms with van der Waals surface area (Å²) in [6.45, 7) is 5.27. The number of amides is 2. The van der Waals surface area contributed by atoms with E-state index in [1.165, 1.54) is 4.90 Å². The monoisotopic (exact) mass is 280 g/mol. The average molecular weight is 280 g/mol. The molecule has 0 aliphatic carbocycles. The first-order chi connectivity index (χ1) is 8.99. The van der Waals surface area contributed by atoms with E-state index in [4.69, 9.17) is 0 Å². The first-order valence-electron chi connectivity index (χ1n) is 6.31. The van der Waals surface area contributed by atoms with Crippen LogP contribution in [0.15, 0.2) is 29.2 Å². The highest BCUT2D eigenvalue weighted by atomic mass is 32.1. The molecule has 0 fully saturated rings. The fraction of sp³-hybridized carbons (Fsp3) is 0.429. The van der Waals surface area contributed by atoms with E-state index in [0.29, 0.717) is 18.7 Å². The molecule has 0 saturated heterocycles. The minimum absolute atomic E-state index is 0.0355. The van der Waals surface area contributed by atoms with Crippen molar-refractivity contribution in [1.29, 1.82) is 0 Å². The number of carbonyl (C=O) groups is 2. The Morgan fingerprint density at radius 3 is 2.11 bits per heavy atom. The summed E-state index contributed by atoms with van der Waals surface area (Å²) in [4.78, 5) is 28.0. The third-order valence-electron chi connectivity index (χ3n) is 2.95. The van der Waals surface area contributed by atoms with Gasteiger partial charge in [-0.2, -0.15) is 0 Å². The van der Waals surface area contributed by atoms with Crippen molar-refractivity contribution in [2.45, 2.75) is 18.7 Å². The summed E-state index contributed by atoms with van der Waals surface area (Å²) in [5, 5.41) is 0. The van der Waals surface area contributed by atoms with E-state index in [-0.39, 0.29) is 18.4 Å². The molecule has 0 aliphatic heterocycles. The molecule has 1 aromatic carbocycles. The number of likely N-dealkylation sites (N-methyl/N-ethyl adjacent to an activating group) is 2. The van der Waals surface area contributed by atoms with Crippen molar-refractivity contribution in [3.8, 4) is 0 Å². The van der Waals surface area contributed by atoms with E-state index in [0.717, 1.165) is 4.90 Å². The molecule has 2 amide bonds. The Morgan fingerprint density at radius 1 is 1.11 bits per heavy atom. The van der Waals surface area contributed by atoms with E-state index in [1.54, 1.807) is 36.2 Å². The predicted molar refractivity (Wildman–Crippen MR) is 78.6 cm³/mol. The van der Waals surface area contributed by atoms with E-state index < -0.39 is 0 Å². The quantitative estimate of drug-likeness (QED) is 0.837. The van der Waals surface area contributed by atoms with Gasteiger partial charge >= 0.3 is 0 Å². The normalized spacial score (nSPS) is 10.1. The molecule has 0 aromatic heterocycles. The van der Waals surface area contributed by atoms with Gasteiger partial charge in [0.1, 0.15) is 0 Å². The maximum atomic E-state index is 12.1. The molecule has 4 nitrogen and oxygen atoms in total. The third kappa shape index (κ3) is 4.28. The average Bonchev–Trinajstić information content (AvgIpc) is 2.40. The van der Waals surface area contributed by atoms with Gasteiger partial charge in [0.2, 0.25) is 5.91 Å². The van der Waals surface area contributed by atoms with Gasteiger partial charge in [-0.25, -0.2) is 0 Å². The Bertz CT molecular complexity index is 441. The molecule has 0 spiro atoms. The van der Waals surface area contributed by atoms with Gasteiger partial charge in [0.05, 0.1) is 6.54 Å². The summed E-state index contributed by atoms with van der Waals surface area (Å²) < 4.78 is 0. The van der Waals surface area contributed by atoms with Crippen LogP contribution in [-0.4, -0.2) is 48.3 Å². The molecule has 0 bridgehead atoms. The highest BCUT2D eigenvalue weighted by Gasteiger charge is 2.17. The molecule has 1 rings (SSSR count). The van der Waals surface area contributed by atoms with Crippen molar-refractivity contribution in [3.63, 3.8) is 0 Å². The van der Waals surface area contributed by atoms with Crippen LogP contribution in [0.1, 0.15) is 24.2 Å². The topological polar surface area (TPSA) is 40.6 Å². The van der Waals surface area contributed by atoms with Gasteiger partial charge in [0, 0.05) is 30.6 Å². The number of hydrogen-bond acceptors (Lipinski definition) is 3. The van der Waals surface area contributed by atoms with Crippen LogP contribution in [0.4, 0.5) is 0 Å². The molecule has 0 unspecified atom stereocenters. The Balaban J connectivity index is 2.67. The summed E-state index contributed by atoms with van der Waals surface area (Å²) >= 11 is 4.17. The Hall–Kier alpha value is -1.49. The van der Waals surface area contributed by atoms with Crippen LogP contribution in [0, 0.1) is 0 Å². The zero-order valence-corrected chi connectivity index (χ0v) is 12.5. The van der Waals surface area contributed by atoms with Gasteiger partial charge in [-0.1, -0.05) is 0 Å². The lowest BCUT2D eigenvalue weighted by molar-refractivity contribution is -0.131. The van der Waals surface area contributed by atoms with Gasteiger partial charge in [-0.3, -0.25) is 9.59 Å². The molecule has 0 aliphatic rings. The SMILES string of the molecule is CCN(CC)C(=O)CN(C)C(=O)c1ccc(S)cc1. The zero-order valence-electron chi connectivity index (χ0n) is 11.6. The highest BCUT2D eigenvalue weighted by Crippen LogP contribution is 2.09. The molecule has 1 aromatic rings. The highest BCUT2D eigenvalue weighted by molar-refractivity contribution is 7.80. The molecule has 5 heteroatoms. The number of rotatable bonds is 5. The summed E-state index contributed by atoms with van der Waals surface area (Å²) in [5.41, 5.74) is 0.563. The van der Waals surface area contributed by atoms with E-state index in [2.05, 4.69) is 12.6 Å².